The lowest BCUT2D eigenvalue weighted by Crippen LogP contribution is -2.36. The third kappa shape index (κ3) is 2.24. The molecule has 20 heavy (non-hydrogen) atoms. The topological polar surface area (TPSA) is 21.3 Å². The predicted molar refractivity (Wildman–Crippen MR) is 83.3 cm³/mol. The molecule has 1 saturated carbocycles. The third-order valence-electron chi connectivity index (χ3n) is 5.38. The normalized spacial score (nSPS) is 21.5. The molecule has 0 spiro atoms. The smallest absolute Gasteiger partial charge is 0.127 e. The maximum Gasteiger partial charge on any atom is 0.127 e. The van der Waals surface area contributed by atoms with Crippen molar-refractivity contribution < 1.29 is 4.74 Å². The van der Waals surface area contributed by atoms with Gasteiger partial charge in [-0.1, -0.05) is 44.9 Å². The van der Waals surface area contributed by atoms with Gasteiger partial charge >= 0.3 is 0 Å². The predicted octanol–water partition coefficient (Wildman–Crippen LogP) is 4.24. The molecule has 3 rings (SSSR count). The van der Waals surface area contributed by atoms with E-state index >= 15 is 0 Å². The zero-order valence-corrected chi connectivity index (χ0v) is 12.9. The highest BCUT2D eigenvalue weighted by Gasteiger charge is 2.41. The van der Waals surface area contributed by atoms with Crippen molar-refractivity contribution in [3.63, 3.8) is 0 Å². The van der Waals surface area contributed by atoms with Gasteiger partial charge in [0, 0.05) is 18.0 Å². The van der Waals surface area contributed by atoms with Crippen molar-refractivity contribution in [3.8, 4) is 5.75 Å². The minimum Gasteiger partial charge on any atom is -0.493 e. The van der Waals surface area contributed by atoms with Gasteiger partial charge in [0.25, 0.3) is 0 Å². The lowest BCUT2D eigenvalue weighted by molar-refractivity contribution is 0.185. The molecule has 0 radical (unpaired) electrons. The molecule has 1 aliphatic carbocycles. The van der Waals surface area contributed by atoms with Crippen LogP contribution < -0.4 is 10.1 Å². The molecule has 0 aromatic heterocycles. The molecule has 1 aliphatic heterocycles. The van der Waals surface area contributed by atoms with Crippen molar-refractivity contribution in [2.75, 3.05) is 13.2 Å². The van der Waals surface area contributed by atoms with Crippen LogP contribution in [0.5, 0.6) is 5.75 Å². The van der Waals surface area contributed by atoms with Crippen LogP contribution in [0.3, 0.4) is 0 Å². The Morgan fingerprint density at radius 1 is 1.25 bits per heavy atom. The molecule has 110 valence electrons. The van der Waals surface area contributed by atoms with Crippen LogP contribution in [-0.2, 0) is 6.42 Å². The summed E-state index contributed by atoms with van der Waals surface area (Å²) in [7, 11) is 0. The maximum atomic E-state index is 5.97. The Balaban J connectivity index is 2.01. The first-order valence-electron chi connectivity index (χ1n) is 8.28. The molecular formula is C18H27NO. The van der Waals surface area contributed by atoms with E-state index in [1.165, 1.54) is 49.0 Å². The van der Waals surface area contributed by atoms with E-state index in [9.17, 15) is 0 Å². The minimum absolute atomic E-state index is 0.428. The van der Waals surface area contributed by atoms with Crippen molar-refractivity contribution in [1.82, 2.24) is 5.32 Å². The highest BCUT2D eigenvalue weighted by atomic mass is 16.5. The number of rotatable bonds is 5. The molecule has 2 nitrogen and oxygen atoms in total. The molecule has 1 aromatic carbocycles. The Kier molecular flexibility index (Phi) is 4.02. The first kappa shape index (κ1) is 13.9. The van der Waals surface area contributed by atoms with Crippen LogP contribution in [0.15, 0.2) is 18.2 Å². The summed E-state index contributed by atoms with van der Waals surface area (Å²) in [6, 6.07) is 7.17. The summed E-state index contributed by atoms with van der Waals surface area (Å²) in [6.07, 6.45) is 7.79. The third-order valence-corrected chi connectivity index (χ3v) is 5.38. The van der Waals surface area contributed by atoms with Crippen molar-refractivity contribution in [2.45, 2.75) is 58.4 Å². The van der Waals surface area contributed by atoms with E-state index in [0.717, 1.165) is 19.6 Å². The molecular weight excluding hydrogens is 246 g/mol. The van der Waals surface area contributed by atoms with E-state index in [-0.39, 0.29) is 0 Å². The van der Waals surface area contributed by atoms with Gasteiger partial charge in [0.2, 0.25) is 0 Å². The van der Waals surface area contributed by atoms with Crippen molar-refractivity contribution >= 4 is 0 Å². The van der Waals surface area contributed by atoms with Crippen LogP contribution in [0.25, 0.3) is 0 Å². The quantitative estimate of drug-likeness (QED) is 0.866. The second kappa shape index (κ2) is 5.77. The zero-order valence-electron chi connectivity index (χ0n) is 12.9. The maximum absolute atomic E-state index is 5.97. The summed E-state index contributed by atoms with van der Waals surface area (Å²) >= 11 is 0. The summed E-state index contributed by atoms with van der Waals surface area (Å²) in [5.74, 6) is 1.18. The summed E-state index contributed by atoms with van der Waals surface area (Å²) in [6.45, 7) is 6.45. The fourth-order valence-corrected chi connectivity index (χ4v) is 4.25. The largest absolute Gasteiger partial charge is 0.493 e. The number of nitrogens with one attached hydrogen (secondary N) is 1. The van der Waals surface area contributed by atoms with Gasteiger partial charge in [-0.3, -0.25) is 0 Å². The number of ether oxygens (including phenoxy) is 1. The number of hydrogen-bond donors (Lipinski definition) is 1. The molecule has 1 N–H and O–H groups in total. The zero-order chi connectivity index (χ0) is 14.0. The summed E-state index contributed by atoms with van der Waals surface area (Å²) < 4.78 is 5.97. The van der Waals surface area contributed by atoms with Gasteiger partial charge in [-0.15, -0.1) is 0 Å². The fourth-order valence-electron chi connectivity index (χ4n) is 4.25. The Morgan fingerprint density at radius 3 is 2.75 bits per heavy atom. The molecule has 0 bridgehead atoms. The van der Waals surface area contributed by atoms with Gasteiger partial charge < -0.3 is 10.1 Å². The van der Waals surface area contributed by atoms with Crippen LogP contribution in [0.1, 0.15) is 63.1 Å². The molecule has 1 heterocycles. The number of hydrogen-bond acceptors (Lipinski definition) is 2. The van der Waals surface area contributed by atoms with Gasteiger partial charge in [-0.2, -0.15) is 0 Å². The number of para-hydroxylation sites is 1. The highest BCUT2D eigenvalue weighted by Crippen LogP contribution is 2.52. The number of benzene rings is 1. The number of fused-ring (bicyclic) bond motifs is 1. The second-order valence-electron chi connectivity index (χ2n) is 6.35. The van der Waals surface area contributed by atoms with E-state index in [1.807, 2.05) is 0 Å². The minimum atomic E-state index is 0.428. The Labute approximate surface area is 122 Å². The molecule has 2 aliphatic rings. The van der Waals surface area contributed by atoms with E-state index in [0.29, 0.717) is 11.5 Å². The lowest BCUT2D eigenvalue weighted by Gasteiger charge is -2.38. The second-order valence-corrected chi connectivity index (χ2v) is 6.35. The van der Waals surface area contributed by atoms with E-state index in [1.54, 1.807) is 0 Å². The van der Waals surface area contributed by atoms with Crippen LogP contribution in [0.2, 0.25) is 0 Å². The Morgan fingerprint density at radius 2 is 2.05 bits per heavy atom. The van der Waals surface area contributed by atoms with Crippen molar-refractivity contribution in [3.05, 3.63) is 29.3 Å². The standard InChI is InChI=1S/C18H27NO/c1-3-18(11-5-6-12-18)17(19-4-2)15-9-7-8-14-10-13-20-16(14)15/h7-9,17,19H,3-6,10-13H2,1-2H3. The van der Waals surface area contributed by atoms with Crippen LogP contribution >= 0.6 is 0 Å². The Bertz CT molecular complexity index is 462. The SMILES string of the molecule is CCNC(c1cccc2c1OCC2)C1(CC)CCCC1. The molecule has 1 fully saturated rings. The van der Waals surface area contributed by atoms with Crippen LogP contribution in [-0.4, -0.2) is 13.2 Å². The fraction of sp³-hybridized carbons (Fsp3) is 0.667. The van der Waals surface area contributed by atoms with E-state index < -0.39 is 0 Å². The van der Waals surface area contributed by atoms with Crippen molar-refractivity contribution in [2.24, 2.45) is 5.41 Å². The molecule has 1 atom stereocenters. The molecule has 1 unspecified atom stereocenters. The van der Waals surface area contributed by atoms with Gasteiger partial charge in [-0.25, -0.2) is 0 Å². The van der Waals surface area contributed by atoms with Crippen LogP contribution in [0, 0.1) is 5.41 Å². The first-order valence-corrected chi connectivity index (χ1v) is 8.28. The summed E-state index contributed by atoms with van der Waals surface area (Å²) in [4.78, 5) is 0. The summed E-state index contributed by atoms with van der Waals surface area (Å²) in [5, 5.41) is 3.78. The molecule has 1 aromatic rings. The van der Waals surface area contributed by atoms with Gasteiger partial charge in [0.1, 0.15) is 5.75 Å². The molecule has 0 saturated heterocycles. The van der Waals surface area contributed by atoms with Gasteiger partial charge in [-0.05, 0) is 36.8 Å². The van der Waals surface area contributed by atoms with E-state index in [4.69, 9.17) is 4.74 Å². The Hall–Kier alpha value is -1.02. The van der Waals surface area contributed by atoms with Crippen LogP contribution in [0.4, 0.5) is 0 Å². The summed E-state index contributed by atoms with van der Waals surface area (Å²) in [5.41, 5.74) is 3.23. The van der Waals surface area contributed by atoms with E-state index in [2.05, 4.69) is 37.4 Å². The molecule has 2 heteroatoms. The van der Waals surface area contributed by atoms with Crippen molar-refractivity contribution in [1.29, 1.82) is 0 Å². The average molecular weight is 273 g/mol. The first-order chi connectivity index (χ1) is 9.80. The lowest BCUT2D eigenvalue weighted by atomic mass is 9.73. The highest BCUT2D eigenvalue weighted by molar-refractivity contribution is 5.46. The average Bonchev–Trinajstić information content (AvgIpc) is 3.13. The van der Waals surface area contributed by atoms with Gasteiger partial charge in [0.15, 0.2) is 0 Å². The van der Waals surface area contributed by atoms with Gasteiger partial charge in [0.05, 0.1) is 6.61 Å². The monoisotopic (exact) mass is 273 g/mol. The molecule has 0 amide bonds.